The Bertz CT molecular complexity index is 569. The van der Waals surface area contributed by atoms with Gasteiger partial charge in [0.25, 0.3) is 0 Å². The minimum Gasteiger partial charge on any atom is -0.493 e. The van der Waals surface area contributed by atoms with Crippen LogP contribution in [-0.2, 0) is 11.2 Å². The Balaban J connectivity index is 1.55. The van der Waals surface area contributed by atoms with E-state index < -0.39 is 0 Å². The first-order chi connectivity index (χ1) is 10.7. The summed E-state index contributed by atoms with van der Waals surface area (Å²) in [4.78, 5) is 11.6. The quantitative estimate of drug-likeness (QED) is 0.759. The molecule has 0 aliphatic rings. The van der Waals surface area contributed by atoms with Crippen LogP contribution in [0.4, 0.5) is 4.39 Å². The number of benzene rings is 2. The highest BCUT2D eigenvalue weighted by Gasteiger charge is 2.02. The van der Waals surface area contributed by atoms with Crippen molar-refractivity contribution in [2.45, 2.75) is 19.3 Å². The molecule has 1 N–H and O–H groups in total. The van der Waals surface area contributed by atoms with Crippen LogP contribution in [0, 0.1) is 5.82 Å². The van der Waals surface area contributed by atoms with E-state index in [1.54, 1.807) is 12.1 Å². The van der Waals surface area contributed by atoms with Crippen molar-refractivity contribution in [1.82, 2.24) is 5.32 Å². The van der Waals surface area contributed by atoms with Gasteiger partial charge in [0.05, 0.1) is 13.0 Å². The van der Waals surface area contributed by atoms with Gasteiger partial charge in [-0.05, 0) is 42.7 Å². The number of amides is 1. The minimum absolute atomic E-state index is 0.0322. The van der Waals surface area contributed by atoms with Crippen molar-refractivity contribution in [3.8, 4) is 5.75 Å². The number of hydrogen-bond donors (Lipinski definition) is 1. The zero-order chi connectivity index (χ0) is 15.6. The summed E-state index contributed by atoms with van der Waals surface area (Å²) in [5, 5.41) is 2.87. The molecule has 0 atom stereocenters. The Morgan fingerprint density at radius 2 is 1.77 bits per heavy atom. The standard InChI is InChI=1S/C18H20FNO2/c19-16-8-10-17(11-9-16)22-14-12-18(21)20-13-4-7-15-5-2-1-3-6-15/h1-3,5-6,8-11H,4,7,12-14H2,(H,20,21). The molecule has 1 amide bonds. The Hall–Kier alpha value is -2.36. The Morgan fingerprint density at radius 1 is 1.05 bits per heavy atom. The lowest BCUT2D eigenvalue weighted by Gasteiger charge is -2.07. The Labute approximate surface area is 130 Å². The molecule has 0 aromatic heterocycles. The number of carbonyl (C=O) groups excluding carboxylic acids is 1. The number of aryl methyl sites for hydroxylation is 1. The van der Waals surface area contributed by atoms with Gasteiger partial charge in [-0.15, -0.1) is 0 Å². The fourth-order valence-corrected chi connectivity index (χ4v) is 2.05. The smallest absolute Gasteiger partial charge is 0.223 e. The molecule has 0 unspecified atom stereocenters. The van der Waals surface area contributed by atoms with Gasteiger partial charge >= 0.3 is 0 Å². The molecule has 4 heteroatoms. The molecule has 0 spiro atoms. The average Bonchev–Trinajstić information content (AvgIpc) is 2.54. The van der Waals surface area contributed by atoms with Crippen LogP contribution in [0.25, 0.3) is 0 Å². The molecule has 0 saturated carbocycles. The number of carbonyl (C=O) groups is 1. The van der Waals surface area contributed by atoms with Crippen molar-refractivity contribution >= 4 is 5.91 Å². The third-order valence-electron chi connectivity index (χ3n) is 3.22. The second-order valence-corrected chi connectivity index (χ2v) is 4.99. The maximum Gasteiger partial charge on any atom is 0.223 e. The van der Waals surface area contributed by atoms with E-state index in [4.69, 9.17) is 4.74 Å². The summed E-state index contributed by atoms with van der Waals surface area (Å²) in [7, 11) is 0. The molecule has 22 heavy (non-hydrogen) atoms. The number of halogens is 1. The molecule has 116 valence electrons. The molecular weight excluding hydrogens is 281 g/mol. The van der Waals surface area contributed by atoms with Gasteiger partial charge in [0.2, 0.25) is 5.91 Å². The van der Waals surface area contributed by atoms with Crippen LogP contribution in [0.3, 0.4) is 0 Å². The highest BCUT2D eigenvalue weighted by molar-refractivity contribution is 5.75. The van der Waals surface area contributed by atoms with Crippen LogP contribution in [0.5, 0.6) is 5.75 Å². The SMILES string of the molecule is O=C(CCOc1ccc(F)cc1)NCCCc1ccccc1. The fraction of sp³-hybridized carbons (Fsp3) is 0.278. The van der Waals surface area contributed by atoms with E-state index in [-0.39, 0.29) is 18.3 Å². The third kappa shape index (κ3) is 5.95. The zero-order valence-electron chi connectivity index (χ0n) is 12.4. The summed E-state index contributed by atoms with van der Waals surface area (Å²) >= 11 is 0. The maximum absolute atomic E-state index is 12.7. The summed E-state index contributed by atoms with van der Waals surface area (Å²) in [6.45, 7) is 0.945. The molecule has 3 nitrogen and oxygen atoms in total. The molecule has 0 heterocycles. The topological polar surface area (TPSA) is 38.3 Å². The first kappa shape index (κ1) is 16.0. The lowest BCUT2D eigenvalue weighted by atomic mass is 10.1. The van der Waals surface area contributed by atoms with Gasteiger partial charge in [0.1, 0.15) is 11.6 Å². The first-order valence-corrected chi connectivity index (χ1v) is 7.43. The molecule has 0 radical (unpaired) electrons. The van der Waals surface area contributed by atoms with Gasteiger partial charge in [0, 0.05) is 6.54 Å². The molecular formula is C18H20FNO2. The van der Waals surface area contributed by atoms with Gasteiger partial charge < -0.3 is 10.1 Å². The predicted molar refractivity (Wildman–Crippen MR) is 84.3 cm³/mol. The van der Waals surface area contributed by atoms with Gasteiger partial charge in [-0.3, -0.25) is 4.79 Å². The molecule has 0 fully saturated rings. The van der Waals surface area contributed by atoms with Crippen LogP contribution in [-0.4, -0.2) is 19.1 Å². The Morgan fingerprint density at radius 3 is 2.50 bits per heavy atom. The monoisotopic (exact) mass is 301 g/mol. The highest BCUT2D eigenvalue weighted by atomic mass is 19.1. The van der Waals surface area contributed by atoms with Crippen LogP contribution in [0.15, 0.2) is 54.6 Å². The van der Waals surface area contributed by atoms with Crippen molar-refractivity contribution in [2.75, 3.05) is 13.2 Å². The second-order valence-electron chi connectivity index (χ2n) is 4.99. The van der Waals surface area contributed by atoms with E-state index in [1.165, 1.54) is 17.7 Å². The summed E-state index contributed by atoms with van der Waals surface area (Å²) in [5.74, 6) is 0.233. The number of rotatable bonds is 8. The van der Waals surface area contributed by atoms with Gasteiger partial charge in [-0.25, -0.2) is 4.39 Å². The van der Waals surface area contributed by atoms with Crippen LogP contribution in [0.2, 0.25) is 0 Å². The largest absolute Gasteiger partial charge is 0.493 e. The second kappa shape index (κ2) is 8.82. The number of nitrogens with one attached hydrogen (secondary N) is 1. The molecule has 2 rings (SSSR count). The zero-order valence-corrected chi connectivity index (χ0v) is 12.4. The van der Waals surface area contributed by atoms with Gasteiger partial charge in [-0.1, -0.05) is 30.3 Å². The fourth-order valence-electron chi connectivity index (χ4n) is 2.05. The van der Waals surface area contributed by atoms with Crippen molar-refractivity contribution in [1.29, 1.82) is 0 Å². The van der Waals surface area contributed by atoms with E-state index in [2.05, 4.69) is 17.4 Å². The van der Waals surface area contributed by atoms with Crippen molar-refractivity contribution in [3.63, 3.8) is 0 Å². The van der Waals surface area contributed by atoms with E-state index in [0.29, 0.717) is 18.7 Å². The summed E-state index contributed by atoms with van der Waals surface area (Å²) in [5.41, 5.74) is 1.27. The van der Waals surface area contributed by atoms with Crippen molar-refractivity contribution in [3.05, 3.63) is 66.0 Å². The number of hydrogen-bond acceptors (Lipinski definition) is 2. The molecule has 2 aromatic rings. The summed E-state index contributed by atoms with van der Waals surface area (Å²) in [6.07, 6.45) is 2.16. The highest BCUT2D eigenvalue weighted by Crippen LogP contribution is 2.11. The van der Waals surface area contributed by atoms with E-state index in [0.717, 1.165) is 12.8 Å². The average molecular weight is 301 g/mol. The van der Waals surface area contributed by atoms with Crippen LogP contribution >= 0.6 is 0 Å². The minimum atomic E-state index is -0.302. The van der Waals surface area contributed by atoms with Crippen LogP contribution < -0.4 is 10.1 Å². The van der Waals surface area contributed by atoms with E-state index in [1.807, 2.05) is 18.2 Å². The van der Waals surface area contributed by atoms with Gasteiger partial charge in [-0.2, -0.15) is 0 Å². The summed E-state index contributed by atoms with van der Waals surface area (Å²) < 4.78 is 18.1. The van der Waals surface area contributed by atoms with E-state index in [9.17, 15) is 9.18 Å². The van der Waals surface area contributed by atoms with Crippen molar-refractivity contribution in [2.24, 2.45) is 0 Å². The molecule has 2 aromatic carbocycles. The molecule has 0 aliphatic heterocycles. The van der Waals surface area contributed by atoms with Crippen LogP contribution in [0.1, 0.15) is 18.4 Å². The maximum atomic E-state index is 12.7. The lowest BCUT2D eigenvalue weighted by molar-refractivity contribution is -0.121. The normalized spacial score (nSPS) is 10.2. The molecule has 0 aliphatic carbocycles. The first-order valence-electron chi connectivity index (χ1n) is 7.43. The lowest BCUT2D eigenvalue weighted by Crippen LogP contribution is -2.26. The molecule has 0 bridgehead atoms. The third-order valence-corrected chi connectivity index (χ3v) is 3.22. The predicted octanol–water partition coefficient (Wildman–Crippen LogP) is 3.34. The Kier molecular flexibility index (Phi) is 6.42. The van der Waals surface area contributed by atoms with E-state index >= 15 is 0 Å². The van der Waals surface area contributed by atoms with Crippen molar-refractivity contribution < 1.29 is 13.9 Å². The molecule has 0 saturated heterocycles. The number of ether oxygens (including phenoxy) is 1. The summed E-state index contributed by atoms with van der Waals surface area (Å²) in [6, 6.07) is 15.9. The van der Waals surface area contributed by atoms with Gasteiger partial charge in [0.15, 0.2) is 0 Å².